The minimum atomic E-state index is -0.228. The Morgan fingerprint density at radius 3 is 1.80 bits per heavy atom. The molecule has 1 aromatic heterocycles. The first kappa shape index (κ1) is 12.0. The molecule has 0 aromatic carbocycles. The summed E-state index contributed by atoms with van der Waals surface area (Å²) in [5.41, 5.74) is -0.394. The minimum absolute atomic E-state index is 0.0487. The van der Waals surface area contributed by atoms with Crippen molar-refractivity contribution in [3.63, 3.8) is 0 Å². The van der Waals surface area contributed by atoms with E-state index in [9.17, 15) is 4.79 Å². The summed E-state index contributed by atoms with van der Waals surface area (Å²) < 4.78 is 3.18. The van der Waals surface area contributed by atoms with Gasteiger partial charge in [0.25, 0.3) is 0 Å². The zero-order valence-electron chi connectivity index (χ0n) is 10.7. The van der Waals surface area contributed by atoms with Gasteiger partial charge in [-0.1, -0.05) is 20.8 Å². The van der Waals surface area contributed by atoms with Crippen molar-refractivity contribution in [1.82, 2.24) is 14.3 Å². The van der Waals surface area contributed by atoms with Crippen LogP contribution in [0.25, 0.3) is 0 Å². The molecule has 0 amide bonds. The molecule has 0 unspecified atom stereocenters. The fraction of sp³-hybridized carbons (Fsp3) is 0.818. The lowest BCUT2D eigenvalue weighted by molar-refractivity contribution is 0.344. The number of rotatable bonds is 0. The number of nitrogens with zero attached hydrogens (tertiary/aromatic N) is 3. The van der Waals surface area contributed by atoms with Crippen LogP contribution < -0.4 is 5.69 Å². The van der Waals surface area contributed by atoms with Crippen molar-refractivity contribution in [3.8, 4) is 0 Å². The van der Waals surface area contributed by atoms with E-state index in [2.05, 4.69) is 25.9 Å². The molecule has 0 spiro atoms. The standard InChI is InChI=1S/C11H21N3O/c1-10(2,3)8-12-13(7)9(15)14(8)11(4,5)6/h1-7H3. The Morgan fingerprint density at radius 2 is 1.53 bits per heavy atom. The molecule has 0 aliphatic rings. The first-order valence-corrected chi connectivity index (χ1v) is 5.22. The monoisotopic (exact) mass is 211 g/mol. The Kier molecular flexibility index (Phi) is 2.58. The third-order valence-electron chi connectivity index (χ3n) is 2.27. The Bertz CT molecular complexity index is 413. The topological polar surface area (TPSA) is 39.8 Å². The summed E-state index contributed by atoms with van der Waals surface area (Å²) >= 11 is 0. The predicted molar refractivity (Wildman–Crippen MR) is 61.2 cm³/mol. The van der Waals surface area contributed by atoms with Crippen molar-refractivity contribution in [1.29, 1.82) is 0 Å². The molecule has 0 radical (unpaired) electrons. The molecule has 0 saturated heterocycles. The normalized spacial score (nSPS) is 13.3. The Balaban J connectivity index is 3.56. The maximum absolute atomic E-state index is 11.9. The summed E-state index contributed by atoms with van der Waals surface area (Å²) in [5.74, 6) is 0.836. The van der Waals surface area contributed by atoms with Crippen molar-refractivity contribution in [2.45, 2.75) is 52.5 Å². The van der Waals surface area contributed by atoms with E-state index in [1.807, 2.05) is 20.8 Å². The zero-order valence-corrected chi connectivity index (χ0v) is 10.7. The zero-order chi connectivity index (χ0) is 12.0. The largest absolute Gasteiger partial charge is 0.346 e. The van der Waals surface area contributed by atoms with E-state index in [4.69, 9.17) is 0 Å². The van der Waals surface area contributed by atoms with Crippen LogP contribution in [-0.2, 0) is 18.0 Å². The first-order chi connectivity index (χ1) is 6.55. The maximum Gasteiger partial charge on any atom is 0.346 e. The molecule has 1 aromatic rings. The van der Waals surface area contributed by atoms with Crippen LogP contribution in [0.3, 0.4) is 0 Å². The molecule has 0 fully saturated rings. The van der Waals surface area contributed by atoms with Gasteiger partial charge in [0.15, 0.2) is 0 Å². The average molecular weight is 211 g/mol. The van der Waals surface area contributed by atoms with E-state index in [0.717, 1.165) is 5.82 Å². The highest BCUT2D eigenvalue weighted by Gasteiger charge is 2.29. The highest BCUT2D eigenvalue weighted by Crippen LogP contribution is 2.23. The SMILES string of the molecule is Cn1nc(C(C)(C)C)n(C(C)(C)C)c1=O. The van der Waals surface area contributed by atoms with E-state index in [-0.39, 0.29) is 16.6 Å². The second-order valence-corrected chi connectivity index (χ2v) is 5.99. The molecule has 4 heteroatoms. The van der Waals surface area contributed by atoms with Crippen molar-refractivity contribution >= 4 is 0 Å². The quantitative estimate of drug-likeness (QED) is 0.654. The summed E-state index contributed by atoms with van der Waals surface area (Å²) in [4.78, 5) is 11.9. The third-order valence-corrected chi connectivity index (χ3v) is 2.27. The fourth-order valence-corrected chi connectivity index (χ4v) is 1.55. The maximum atomic E-state index is 11.9. The molecular weight excluding hydrogens is 190 g/mol. The van der Waals surface area contributed by atoms with Crippen LogP contribution in [-0.4, -0.2) is 14.3 Å². The molecule has 0 aliphatic heterocycles. The number of hydrogen-bond donors (Lipinski definition) is 0. The van der Waals surface area contributed by atoms with E-state index < -0.39 is 0 Å². The van der Waals surface area contributed by atoms with Gasteiger partial charge in [0.1, 0.15) is 5.82 Å². The second-order valence-electron chi connectivity index (χ2n) is 5.99. The lowest BCUT2D eigenvalue weighted by Gasteiger charge is -2.26. The van der Waals surface area contributed by atoms with Gasteiger partial charge in [0.2, 0.25) is 0 Å². The van der Waals surface area contributed by atoms with Gasteiger partial charge in [0.05, 0.1) is 0 Å². The van der Waals surface area contributed by atoms with Gasteiger partial charge >= 0.3 is 5.69 Å². The number of aromatic nitrogens is 3. The summed E-state index contributed by atoms with van der Waals surface area (Å²) in [6.07, 6.45) is 0. The van der Waals surface area contributed by atoms with Gasteiger partial charge in [-0.05, 0) is 20.8 Å². The van der Waals surface area contributed by atoms with Gasteiger partial charge in [-0.2, -0.15) is 5.10 Å². The van der Waals surface area contributed by atoms with Crippen LogP contribution in [0.2, 0.25) is 0 Å². The lowest BCUT2D eigenvalue weighted by Crippen LogP contribution is -2.37. The van der Waals surface area contributed by atoms with Gasteiger partial charge in [-0.25, -0.2) is 9.48 Å². The molecule has 0 saturated carbocycles. The Hall–Kier alpha value is -1.06. The van der Waals surface area contributed by atoms with Crippen molar-refractivity contribution in [3.05, 3.63) is 16.3 Å². The van der Waals surface area contributed by atoms with E-state index in [1.165, 1.54) is 4.68 Å². The summed E-state index contributed by atoms with van der Waals surface area (Å²) in [6, 6.07) is 0. The molecule has 15 heavy (non-hydrogen) atoms. The van der Waals surface area contributed by atoms with Crippen molar-refractivity contribution in [2.24, 2.45) is 7.05 Å². The third kappa shape index (κ3) is 2.13. The van der Waals surface area contributed by atoms with E-state index in [1.54, 1.807) is 11.6 Å². The fourth-order valence-electron chi connectivity index (χ4n) is 1.55. The second kappa shape index (κ2) is 3.22. The molecule has 0 aliphatic carbocycles. The van der Waals surface area contributed by atoms with E-state index in [0.29, 0.717) is 0 Å². The number of aryl methyl sites for hydroxylation is 1. The number of hydrogen-bond acceptors (Lipinski definition) is 2. The molecule has 1 heterocycles. The summed E-state index contributed by atoms with van der Waals surface area (Å²) in [7, 11) is 1.69. The van der Waals surface area contributed by atoms with Gasteiger partial charge < -0.3 is 0 Å². The van der Waals surface area contributed by atoms with Gasteiger partial charge in [-0.15, -0.1) is 0 Å². The smallest absolute Gasteiger partial charge is 0.273 e. The average Bonchev–Trinajstić information content (AvgIpc) is 2.25. The van der Waals surface area contributed by atoms with Crippen molar-refractivity contribution in [2.75, 3.05) is 0 Å². The van der Waals surface area contributed by atoms with Crippen LogP contribution in [0.5, 0.6) is 0 Å². The van der Waals surface area contributed by atoms with Crippen molar-refractivity contribution < 1.29 is 0 Å². The Morgan fingerprint density at radius 1 is 1.07 bits per heavy atom. The lowest BCUT2D eigenvalue weighted by atomic mass is 9.94. The van der Waals surface area contributed by atoms with Gasteiger partial charge in [0, 0.05) is 18.0 Å². The molecule has 0 atom stereocenters. The van der Waals surface area contributed by atoms with Crippen LogP contribution in [0, 0.1) is 0 Å². The predicted octanol–water partition coefficient (Wildman–Crippen LogP) is 1.63. The van der Waals surface area contributed by atoms with Crippen LogP contribution >= 0.6 is 0 Å². The minimum Gasteiger partial charge on any atom is -0.273 e. The highest BCUT2D eigenvalue weighted by atomic mass is 16.2. The first-order valence-electron chi connectivity index (χ1n) is 5.22. The van der Waals surface area contributed by atoms with Gasteiger partial charge in [-0.3, -0.25) is 4.57 Å². The van der Waals surface area contributed by atoms with E-state index >= 15 is 0 Å². The molecular formula is C11H21N3O. The molecule has 1 rings (SSSR count). The summed E-state index contributed by atoms with van der Waals surface area (Å²) in [6.45, 7) is 12.3. The molecule has 86 valence electrons. The Labute approximate surface area is 90.9 Å². The molecule has 0 bridgehead atoms. The van der Waals surface area contributed by atoms with Crippen LogP contribution in [0.15, 0.2) is 4.79 Å². The highest BCUT2D eigenvalue weighted by molar-refractivity contribution is 5.05. The summed E-state index contributed by atoms with van der Waals surface area (Å²) in [5, 5.41) is 4.32. The van der Waals surface area contributed by atoms with Crippen LogP contribution in [0.1, 0.15) is 47.4 Å². The molecule has 0 N–H and O–H groups in total. The molecule has 4 nitrogen and oxygen atoms in total. The van der Waals surface area contributed by atoms with Crippen LogP contribution in [0.4, 0.5) is 0 Å².